The molecule has 0 aliphatic rings. The molecule has 0 saturated carbocycles. The van der Waals surface area contributed by atoms with E-state index < -0.39 is 0 Å². The monoisotopic (exact) mass is 303 g/mol. The molecule has 0 saturated heterocycles. The molecule has 2 nitrogen and oxygen atoms in total. The summed E-state index contributed by atoms with van der Waals surface area (Å²) in [6, 6.07) is 22.6. The van der Waals surface area contributed by atoms with Gasteiger partial charge in [-0.25, -0.2) is 0 Å². The van der Waals surface area contributed by atoms with E-state index in [1.807, 2.05) is 30.3 Å². The second-order valence-corrected chi connectivity index (χ2v) is 6.06. The molecule has 0 unspecified atom stereocenters. The highest BCUT2D eigenvalue weighted by Crippen LogP contribution is 2.44. The fourth-order valence-corrected chi connectivity index (χ4v) is 4.00. The molecule has 4 aromatic rings. The minimum Gasteiger partial charge on any atom is -0.536 e. The molecule has 1 heterocycles. The maximum absolute atomic E-state index is 9.00. The van der Waals surface area contributed by atoms with Gasteiger partial charge in [0.2, 0.25) is 0 Å². The fraction of sp³-hybridized carbons (Fsp3) is 0. The summed E-state index contributed by atoms with van der Waals surface area (Å²) in [7, 11) is 0.737. The Hall–Kier alpha value is -2.30. The van der Waals surface area contributed by atoms with Gasteiger partial charge in [-0.05, 0) is 23.3 Å². The van der Waals surface area contributed by atoms with Crippen LogP contribution in [0.15, 0.2) is 66.7 Å². The van der Waals surface area contributed by atoms with Crippen molar-refractivity contribution >= 4 is 39.2 Å². The standard InChI is InChI=1S/C18H12BO2S/c20-19-21-15-11-10-13(12-6-2-1-3-7-12)17-14-8-4-5-9-16(14)22-18(15)17/h1-11,20H. The quantitative estimate of drug-likeness (QED) is 0.559. The van der Waals surface area contributed by atoms with Crippen molar-refractivity contribution in [1.29, 1.82) is 0 Å². The van der Waals surface area contributed by atoms with Crippen molar-refractivity contribution < 1.29 is 9.68 Å². The Labute approximate surface area is 132 Å². The second-order valence-electron chi connectivity index (χ2n) is 5.00. The Morgan fingerprint density at radius 2 is 1.64 bits per heavy atom. The van der Waals surface area contributed by atoms with Crippen LogP contribution in [-0.4, -0.2) is 12.7 Å². The maximum Gasteiger partial charge on any atom is 0.569 e. The third-order valence-electron chi connectivity index (χ3n) is 3.75. The molecule has 0 atom stereocenters. The molecule has 3 aromatic carbocycles. The van der Waals surface area contributed by atoms with Crippen molar-refractivity contribution in [2.45, 2.75) is 0 Å². The van der Waals surface area contributed by atoms with Gasteiger partial charge in [0, 0.05) is 15.5 Å². The summed E-state index contributed by atoms with van der Waals surface area (Å²) in [5, 5.41) is 11.4. The minimum atomic E-state index is 0.679. The van der Waals surface area contributed by atoms with E-state index in [-0.39, 0.29) is 0 Å². The highest BCUT2D eigenvalue weighted by atomic mass is 32.1. The van der Waals surface area contributed by atoms with Crippen molar-refractivity contribution in [1.82, 2.24) is 0 Å². The first kappa shape index (κ1) is 13.4. The summed E-state index contributed by atoms with van der Waals surface area (Å²) in [5.74, 6) is 0.679. The molecule has 1 N–H and O–H groups in total. The maximum atomic E-state index is 9.00. The molecule has 0 amide bonds. The van der Waals surface area contributed by atoms with Crippen LogP contribution in [0, 0.1) is 0 Å². The molecule has 0 aliphatic carbocycles. The predicted molar refractivity (Wildman–Crippen MR) is 93.4 cm³/mol. The van der Waals surface area contributed by atoms with E-state index >= 15 is 0 Å². The van der Waals surface area contributed by atoms with E-state index in [0.29, 0.717) is 5.75 Å². The molecule has 105 valence electrons. The molecule has 0 fully saturated rings. The van der Waals surface area contributed by atoms with E-state index in [1.54, 1.807) is 11.3 Å². The Morgan fingerprint density at radius 3 is 2.45 bits per heavy atom. The molecular formula is C18H12BO2S. The van der Waals surface area contributed by atoms with Gasteiger partial charge in [-0.2, -0.15) is 0 Å². The number of fused-ring (bicyclic) bond motifs is 3. The molecule has 0 spiro atoms. The van der Waals surface area contributed by atoms with Gasteiger partial charge in [0.15, 0.2) is 0 Å². The van der Waals surface area contributed by atoms with Crippen molar-refractivity contribution in [3.05, 3.63) is 66.7 Å². The Bertz CT molecular complexity index is 947. The minimum absolute atomic E-state index is 0.679. The van der Waals surface area contributed by atoms with Crippen molar-refractivity contribution in [3.63, 3.8) is 0 Å². The lowest BCUT2D eigenvalue weighted by Gasteiger charge is -2.08. The topological polar surface area (TPSA) is 29.5 Å². The lowest BCUT2D eigenvalue weighted by Crippen LogP contribution is -1.99. The molecule has 1 radical (unpaired) electrons. The van der Waals surface area contributed by atoms with Gasteiger partial charge in [-0.1, -0.05) is 54.6 Å². The molecule has 4 heteroatoms. The van der Waals surface area contributed by atoms with Gasteiger partial charge < -0.3 is 9.68 Å². The van der Waals surface area contributed by atoms with Gasteiger partial charge >= 0.3 is 7.69 Å². The summed E-state index contributed by atoms with van der Waals surface area (Å²) in [4.78, 5) is 0. The Morgan fingerprint density at radius 1 is 0.864 bits per heavy atom. The number of rotatable bonds is 3. The third kappa shape index (κ3) is 2.08. The first-order chi connectivity index (χ1) is 10.9. The van der Waals surface area contributed by atoms with Crippen LogP contribution in [0.2, 0.25) is 0 Å². The highest BCUT2D eigenvalue weighted by molar-refractivity contribution is 7.26. The van der Waals surface area contributed by atoms with E-state index in [9.17, 15) is 0 Å². The second kappa shape index (κ2) is 5.48. The number of thiophene rings is 1. The lowest BCUT2D eigenvalue weighted by atomic mass is 9.99. The van der Waals surface area contributed by atoms with Gasteiger partial charge in [-0.3, -0.25) is 0 Å². The average molecular weight is 303 g/mol. The largest absolute Gasteiger partial charge is 0.569 e. The van der Waals surface area contributed by atoms with Crippen molar-refractivity contribution in [3.8, 4) is 16.9 Å². The summed E-state index contributed by atoms with van der Waals surface area (Å²) in [6.45, 7) is 0. The van der Waals surface area contributed by atoms with Crippen LogP contribution in [0.1, 0.15) is 0 Å². The molecule has 1 aromatic heterocycles. The van der Waals surface area contributed by atoms with Gasteiger partial charge in [-0.15, -0.1) is 11.3 Å². The van der Waals surface area contributed by atoms with Gasteiger partial charge in [0.1, 0.15) is 5.75 Å². The van der Waals surface area contributed by atoms with Crippen LogP contribution >= 0.6 is 11.3 Å². The molecule has 0 aliphatic heterocycles. The fourth-order valence-electron chi connectivity index (χ4n) is 2.81. The highest BCUT2D eigenvalue weighted by Gasteiger charge is 2.14. The van der Waals surface area contributed by atoms with Crippen LogP contribution in [0.25, 0.3) is 31.3 Å². The van der Waals surface area contributed by atoms with Gasteiger partial charge in [0.05, 0.1) is 4.70 Å². The summed E-state index contributed by atoms with van der Waals surface area (Å²) in [5.41, 5.74) is 2.36. The molecule has 22 heavy (non-hydrogen) atoms. The van der Waals surface area contributed by atoms with Crippen LogP contribution < -0.4 is 4.65 Å². The van der Waals surface area contributed by atoms with Gasteiger partial charge in [0.25, 0.3) is 0 Å². The number of benzene rings is 3. The van der Waals surface area contributed by atoms with E-state index in [0.717, 1.165) is 12.4 Å². The first-order valence-corrected chi connectivity index (χ1v) is 7.82. The summed E-state index contributed by atoms with van der Waals surface area (Å²) < 4.78 is 7.54. The third-order valence-corrected chi connectivity index (χ3v) is 4.94. The first-order valence-electron chi connectivity index (χ1n) is 7.00. The molecule has 0 bridgehead atoms. The average Bonchev–Trinajstić information content (AvgIpc) is 2.96. The summed E-state index contributed by atoms with van der Waals surface area (Å²) in [6.07, 6.45) is 0. The lowest BCUT2D eigenvalue weighted by molar-refractivity contribution is 0.457. The van der Waals surface area contributed by atoms with Crippen molar-refractivity contribution in [2.24, 2.45) is 0 Å². The zero-order valence-corrected chi connectivity index (χ0v) is 12.5. The van der Waals surface area contributed by atoms with E-state index in [4.69, 9.17) is 9.68 Å². The molecule has 4 rings (SSSR count). The van der Waals surface area contributed by atoms with E-state index in [2.05, 4.69) is 36.4 Å². The summed E-state index contributed by atoms with van der Waals surface area (Å²) >= 11 is 1.68. The number of hydrogen-bond acceptors (Lipinski definition) is 3. The normalized spacial score (nSPS) is 11.0. The van der Waals surface area contributed by atoms with Crippen molar-refractivity contribution in [2.75, 3.05) is 0 Å². The van der Waals surface area contributed by atoms with Crippen LogP contribution in [0.4, 0.5) is 0 Å². The van der Waals surface area contributed by atoms with Crippen LogP contribution in [0.5, 0.6) is 5.75 Å². The number of hydrogen-bond donors (Lipinski definition) is 1. The SMILES string of the molecule is O[B]Oc1ccc(-c2ccccc2)c2c1sc1ccccc12. The zero-order valence-electron chi connectivity index (χ0n) is 11.7. The smallest absolute Gasteiger partial charge is 0.536 e. The predicted octanol–water partition coefficient (Wildman–Crippen LogP) is 4.63. The Balaban J connectivity index is 2.12. The van der Waals surface area contributed by atoms with Crippen LogP contribution in [0.3, 0.4) is 0 Å². The van der Waals surface area contributed by atoms with E-state index in [1.165, 1.54) is 26.6 Å². The molecular weight excluding hydrogens is 291 g/mol. The van der Waals surface area contributed by atoms with Crippen LogP contribution in [-0.2, 0) is 0 Å². The Kier molecular flexibility index (Phi) is 3.33. The zero-order chi connectivity index (χ0) is 14.9.